The minimum absolute atomic E-state index is 0.0982. The first kappa shape index (κ1) is 22.3. The number of hydrogen-bond donors (Lipinski definition) is 0. The highest BCUT2D eigenvalue weighted by molar-refractivity contribution is 7.22. The van der Waals surface area contributed by atoms with E-state index in [-0.39, 0.29) is 17.9 Å². The van der Waals surface area contributed by atoms with Crippen molar-refractivity contribution in [2.45, 2.75) is 18.6 Å². The first-order chi connectivity index (χ1) is 16.9. The van der Waals surface area contributed by atoms with Gasteiger partial charge in [0.2, 0.25) is 11.8 Å². The average molecular weight is 499 g/mol. The van der Waals surface area contributed by atoms with Crippen LogP contribution in [0, 0.1) is 11.8 Å². The van der Waals surface area contributed by atoms with Crippen LogP contribution in [0.15, 0.2) is 30.4 Å². The fraction of sp³-hybridized carbons (Fsp3) is 0.500. The molecule has 0 N–H and O–H groups in total. The van der Waals surface area contributed by atoms with E-state index in [4.69, 9.17) is 14.2 Å². The summed E-state index contributed by atoms with van der Waals surface area (Å²) in [6.45, 7) is 4.04. The average Bonchev–Trinajstić information content (AvgIpc) is 3.62. The summed E-state index contributed by atoms with van der Waals surface area (Å²) in [4.78, 5) is 49.0. The van der Waals surface area contributed by atoms with Gasteiger partial charge in [-0.25, -0.2) is 9.78 Å². The molecule has 2 aromatic rings. The predicted octanol–water partition coefficient (Wildman–Crippen LogP) is 1.89. The van der Waals surface area contributed by atoms with E-state index >= 15 is 0 Å². The largest absolute Gasteiger partial charge is 0.497 e. The number of rotatable bonds is 4. The Hall–Kier alpha value is -3.18. The summed E-state index contributed by atoms with van der Waals surface area (Å²) in [5.41, 5.74) is -0.0516. The van der Waals surface area contributed by atoms with Gasteiger partial charge >= 0.3 is 6.09 Å². The molecule has 0 radical (unpaired) electrons. The van der Waals surface area contributed by atoms with Crippen molar-refractivity contribution in [3.05, 3.63) is 30.4 Å². The summed E-state index contributed by atoms with van der Waals surface area (Å²) in [5.74, 6) is -0.697. The molecule has 10 nitrogen and oxygen atoms in total. The highest BCUT2D eigenvalue weighted by Gasteiger charge is 2.67. The minimum Gasteiger partial charge on any atom is -0.497 e. The molecule has 4 aliphatic heterocycles. The number of carbonyl (C=O) groups excluding carboxylic acids is 3. The second-order valence-electron chi connectivity index (χ2n) is 9.17. The lowest BCUT2D eigenvalue weighted by molar-refractivity contribution is -0.141. The SMILES string of the molecule is CCOC(=O)N1CCN(C(=O)[C@H]2[C@@H]3C=C[C@]4(CN(c5nc6cc(OC)ccc6s5)C(=O)[C@H]24)O3)CC1. The summed E-state index contributed by atoms with van der Waals surface area (Å²) < 4.78 is 17.6. The van der Waals surface area contributed by atoms with Crippen LogP contribution in [0.1, 0.15) is 6.92 Å². The molecule has 5 heterocycles. The van der Waals surface area contributed by atoms with Crippen LogP contribution in [-0.4, -0.2) is 90.8 Å². The molecule has 1 aromatic heterocycles. The number of aromatic nitrogens is 1. The Labute approximate surface area is 206 Å². The molecule has 3 fully saturated rings. The second kappa shape index (κ2) is 8.20. The van der Waals surface area contributed by atoms with E-state index in [1.54, 1.807) is 28.7 Å². The van der Waals surface area contributed by atoms with Crippen molar-refractivity contribution in [3.8, 4) is 5.75 Å². The molecule has 11 heteroatoms. The van der Waals surface area contributed by atoms with E-state index in [1.165, 1.54) is 11.3 Å². The summed E-state index contributed by atoms with van der Waals surface area (Å²) in [7, 11) is 1.60. The van der Waals surface area contributed by atoms with Crippen LogP contribution in [0.2, 0.25) is 0 Å². The van der Waals surface area contributed by atoms with Gasteiger partial charge in [-0.3, -0.25) is 14.5 Å². The van der Waals surface area contributed by atoms with Gasteiger partial charge in [-0.05, 0) is 19.1 Å². The Balaban J connectivity index is 1.22. The van der Waals surface area contributed by atoms with Gasteiger partial charge in [-0.1, -0.05) is 23.5 Å². The predicted molar refractivity (Wildman–Crippen MR) is 127 cm³/mol. The normalized spacial score (nSPS) is 29.3. The summed E-state index contributed by atoms with van der Waals surface area (Å²) in [6.07, 6.45) is 3.08. The number of fused-ring (bicyclic) bond motifs is 2. The molecule has 184 valence electrons. The Morgan fingerprint density at radius 2 is 2.00 bits per heavy atom. The Bertz CT molecular complexity index is 1240. The van der Waals surface area contributed by atoms with Gasteiger partial charge in [0, 0.05) is 32.2 Å². The van der Waals surface area contributed by atoms with Crippen molar-refractivity contribution in [3.63, 3.8) is 0 Å². The number of ether oxygens (including phenoxy) is 3. The molecule has 3 saturated heterocycles. The van der Waals surface area contributed by atoms with E-state index in [9.17, 15) is 14.4 Å². The van der Waals surface area contributed by atoms with Crippen molar-refractivity contribution < 1.29 is 28.6 Å². The Morgan fingerprint density at radius 3 is 2.74 bits per heavy atom. The maximum Gasteiger partial charge on any atom is 0.409 e. The summed E-state index contributed by atoms with van der Waals surface area (Å²) >= 11 is 1.44. The number of carbonyl (C=O) groups is 3. The third-order valence-electron chi connectivity index (χ3n) is 7.32. The first-order valence-electron chi connectivity index (χ1n) is 11.8. The molecular formula is C24H26N4O6S. The van der Waals surface area contributed by atoms with Crippen LogP contribution in [0.3, 0.4) is 0 Å². The zero-order valence-corrected chi connectivity index (χ0v) is 20.3. The molecule has 2 bridgehead atoms. The van der Waals surface area contributed by atoms with Crippen LogP contribution < -0.4 is 9.64 Å². The summed E-state index contributed by atoms with van der Waals surface area (Å²) in [5, 5.41) is 0.594. The van der Waals surface area contributed by atoms with E-state index in [0.717, 1.165) is 10.2 Å². The third-order valence-corrected chi connectivity index (χ3v) is 8.38. The van der Waals surface area contributed by atoms with Crippen molar-refractivity contribution in [1.29, 1.82) is 0 Å². The topological polar surface area (TPSA) is 102 Å². The quantitative estimate of drug-likeness (QED) is 0.594. The Morgan fingerprint density at radius 1 is 1.23 bits per heavy atom. The van der Waals surface area contributed by atoms with Crippen molar-refractivity contribution in [1.82, 2.24) is 14.8 Å². The van der Waals surface area contributed by atoms with Gasteiger partial charge in [0.25, 0.3) is 0 Å². The molecule has 35 heavy (non-hydrogen) atoms. The number of nitrogens with zero attached hydrogens (tertiary/aromatic N) is 4. The zero-order chi connectivity index (χ0) is 24.3. The van der Waals surface area contributed by atoms with Gasteiger partial charge in [0.15, 0.2) is 5.13 Å². The molecule has 0 aliphatic carbocycles. The monoisotopic (exact) mass is 498 g/mol. The van der Waals surface area contributed by atoms with Gasteiger partial charge < -0.3 is 24.0 Å². The van der Waals surface area contributed by atoms with Crippen molar-refractivity contribution in [2.75, 3.05) is 51.3 Å². The minimum atomic E-state index is -0.815. The lowest BCUT2D eigenvalue weighted by Crippen LogP contribution is -2.54. The molecule has 0 saturated carbocycles. The van der Waals surface area contributed by atoms with Crippen molar-refractivity contribution in [2.24, 2.45) is 11.8 Å². The summed E-state index contributed by atoms with van der Waals surface area (Å²) in [6, 6.07) is 5.64. The number of thiazole rings is 1. The van der Waals surface area contributed by atoms with E-state index < -0.39 is 23.5 Å². The highest BCUT2D eigenvalue weighted by Crippen LogP contribution is 2.53. The Kier molecular flexibility index (Phi) is 5.22. The van der Waals surface area contributed by atoms with E-state index in [1.807, 2.05) is 30.4 Å². The number of amides is 3. The standard InChI is InChI=1S/C24H26N4O6S/c1-3-33-23(31)27-10-8-26(9-11-27)20(29)18-16-6-7-24(34-16)13-28(21(30)19(18)24)22-25-15-12-14(32-2)4-5-17(15)35-22/h4-7,12,16,18-19H,3,8-11,13H2,1-2H3/t16-,18-,19-,24+/m0/s1. The molecular weight excluding hydrogens is 472 g/mol. The molecule has 3 amide bonds. The molecule has 4 aliphatic rings. The molecule has 1 aromatic carbocycles. The van der Waals surface area contributed by atoms with Gasteiger partial charge in [0.1, 0.15) is 11.4 Å². The molecule has 1 spiro atoms. The van der Waals surface area contributed by atoms with E-state index in [2.05, 4.69) is 4.98 Å². The van der Waals surface area contributed by atoms with Gasteiger partial charge in [0.05, 0.1) is 48.4 Å². The van der Waals surface area contributed by atoms with Gasteiger partial charge in [-0.2, -0.15) is 0 Å². The number of benzene rings is 1. The number of piperazine rings is 1. The fourth-order valence-corrected chi connectivity index (χ4v) is 6.57. The second-order valence-corrected chi connectivity index (χ2v) is 10.2. The number of anilines is 1. The zero-order valence-electron chi connectivity index (χ0n) is 19.5. The van der Waals surface area contributed by atoms with Crippen LogP contribution in [0.5, 0.6) is 5.75 Å². The lowest BCUT2D eigenvalue weighted by atomic mass is 9.76. The smallest absolute Gasteiger partial charge is 0.409 e. The number of methoxy groups -OCH3 is 1. The maximum atomic E-state index is 13.7. The highest BCUT2D eigenvalue weighted by atomic mass is 32.1. The first-order valence-corrected chi connectivity index (χ1v) is 12.6. The van der Waals surface area contributed by atoms with Gasteiger partial charge in [-0.15, -0.1) is 0 Å². The number of hydrogen-bond acceptors (Lipinski definition) is 8. The van der Waals surface area contributed by atoms with Crippen LogP contribution >= 0.6 is 11.3 Å². The van der Waals surface area contributed by atoms with Crippen LogP contribution in [-0.2, 0) is 19.1 Å². The van der Waals surface area contributed by atoms with E-state index in [0.29, 0.717) is 50.2 Å². The third kappa shape index (κ3) is 3.40. The van der Waals surface area contributed by atoms with Crippen LogP contribution in [0.4, 0.5) is 9.93 Å². The fourth-order valence-electron chi connectivity index (χ4n) is 5.61. The molecule has 6 rings (SSSR count). The lowest BCUT2D eigenvalue weighted by Gasteiger charge is -2.36. The van der Waals surface area contributed by atoms with Crippen LogP contribution in [0.25, 0.3) is 10.2 Å². The molecule has 0 unspecified atom stereocenters. The maximum absolute atomic E-state index is 13.7. The van der Waals surface area contributed by atoms with Crippen molar-refractivity contribution >= 4 is 44.6 Å². The molecule has 4 atom stereocenters.